The maximum atomic E-state index is 11.5. The van der Waals surface area contributed by atoms with Gasteiger partial charge in [-0.2, -0.15) is 0 Å². The van der Waals surface area contributed by atoms with Gasteiger partial charge in [0.25, 0.3) is 0 Å². The van der Waals surface area contributed by atoms with E-state index in [1.807, 2.05) is 18.2 Å². The second kappa shape index (κ2) is 4.92. The van der Waals surface area contributed by atoms with Crippen LogP contribution in [0.3, 0.4) is 0 Å². The number of rotatable bonds is 3. The van der Waals surface area contributed by atoms with E-state index in [1.54, 1.807) is 7.05 Å². The van der Waals surface area contributed by atoms with Crippen molar-refractivity contribution < 1.29 is 4.42 Å². The van der Waals surface area contributed by atoms with Crippen LogP contribution < -0.4 is 11.5 Å². The van der Waals surface area contributed by atoms with Gasteiger partial charge in [-0.05, 0) is 34.6 Å². The van der Waals surface area contributed by atoms with Crippen molar-refractivity contribution in [2.24, 2.45) is 12.8 Å². The molecule has 0 atom stereocenters. The summed E-state index contributed by atoms with van der Waals surface area (Å²) < 4.78 is 7.33. The zero-order valence-corrected chi connectivity index (χ0v) is 12.4. The summed E-state index contributed by atoms with van der Waals surface area (Å²) in [4.78, 5) is 19.1. The number of imidazole rings is 1. The molecule has 0 saturated heterocycles. The van der Waals surface area contributed by atoms with Crippen LogP contribution in [0, 0.1) is 0 Å². The summed E-state index contributed by atoms with van der Waals surface area (Å²) in [6, 6.07) is 5.59. The molecule has 3 aromatic rings. The van der Waals surface area contributed by atoms with Crippen molar-refractivity contribution in [2.75, 3.05) is 6.54 Å². The summed E-state index contributed by atoms with van der Waals surface area (Å²) in [7, 11) is 1.68. The van der Waals surface area contributed by atoms with Gasteiger partial charge in [-0.1, -0.05) is 6.07 Å². The van der Waals surface area contributed by atoms with Crippen molar-refractivity contribution in [3.63, 3.8) is 0 Å². The van der Waals surface area contributed by atoms with Crippen molar-refractivity contribution in [3.05, 3.63) is 39.2 Å². The zero-order chi connectivity index (χ0) is 14.3. The largest absolute Gasteiger partial charge is 0.419 e. The van der Waals surface area contributed by atoms with Crippen molar-refractivity contribution in [1.82, 2.24) is 14.5 Å². The molecule has 0 unspecified atom stereocenters. The molecule has 0 aliphatic heterocycles. The van der Waals surface area contributed by atoms with Gasteiger partial charge in [-0.25, -0.2) is 9.78 Å². The molecule has 3 N–H and O–H groups in total. The van der Waals surface area contributed by atoms with Gasteiger partial charge in [0, 0.05) is 24.7 Å². The molecule has 0 radical (unpaired) electrons. The summed E-state index contributed by atoms with van der Waals surface area (Å²) in [5, 5.41) is 0. The summed E-state index contributed by atoms with van der Waals surface area (Å²) in [5.41, 5.74) is 9.57. The Labute approximate surface area is 122 Å². The number of hydrogen-bond donors (Lipinski definition) is 2. The number of aromatic amines is 1. The highest BCUT2D eigenvalue weighted by Crippen LogP contribution is 2.26. The van der Waals surface area contributed by atoms with Crippen LogP contribution >= 0.6 is 15.9 Å². The molecule has 20 heavy (non-hydrogen) atoms. The molecular formula is C13H13BrN4O2. The van der Waals surface area contributed by atoms with Crippen LogP contribution in [0.15, 0.2) is 32.1 Å². The van der Waals surface area contributed by atoms with Crippen LogP contribution in [-0.4, -0.2) is 21.1 Å². The van der Waals surface area contributed by atoms with Crippen LogP contribution in [0.5, 0.6) is 0 Å². The minimum atomic E-state index is -0.373. The van der Waals surface area contributed by atoms with Crippen molar-refractivity contribution >= 4 is 27.0 Å². The minimum Gasteiger partial charge on any atom is -0.408 e. The van der Waals surface area contributed by atoms with Crippen LogP contribution in [0.1, 0.15) is 5.69 Å². The van der Waals surface area contributed by atoms with Gasteiger partial charge < -0.3 is 15.1 Å². The van der Waals surface area contributed by atoms with Crippen LogP contribution in [0.2, 0.25) is 0 Å². The van der Waals surface area contributed by atoms with Gasteiger partial charge in [-0.3, -0.25) is 4.57 Å². The third-order valence-electron chi connectivity index (χ3n) is 3.21. The predicted octanol–water partition coefficient (Wildman–Crippen LogP) is 1.79. The number of halogens is 1. The van der Waals surface area contributed by atoms with E-state index in [4.69, 9.17) is 10.2 Å². The molecular weight excluding hydrogens is 324 g/mol. The monoisotopic (exact) mass is 336 g/mol. The minimum absolute atomic E-state index is 0.373. The molecule has 1 aromatic carbocycles. The number of nitrogens with two attached hydrogens (primary N) is 1. The Kier molecular flexibility index (Phi) is 3.23. The molecule has 2 heterocycles. The first kappa shape index (κ1) is 13.1. The highest BCUT2D eigenvalue weighted by Gasteiger charge is 2.13. The predicted molar refractivity (Wildman–Crippen MR) is 79.5 cm³/mol. The molecule has 2 aromatic heterocycles. The molecule has 104 valence electrons. The first-order chi connectivity index (χ1) is 9.60. The van der Waals surface area contributed by atoms with E-state index in [1.165, 1.54) is 4.57 Å². The number of nitrogens with zero attached hydrogens (tertiary/aromatic N) is 2. The Morgan fingerprint density at radius 3 is 3.05 bits per heavy atom. The number of fused-ring (bicyclic) bond motifs is 1. The Morgan fingerprint density at radius 2 is 2.30 bits per heavy atom. The lowest BCUT2D eigenvalue weighted by atomic mass is 10.1. The Bertz CT molecular complexity index is 831. The Morgan fingerprint density at radius 1 is 1.50 bits per heavy atom. The fourth-order valence-electron chi connectivity index (χ4n) is 2.22. The molecule has 6 nitrogen and oxygen atoms in total. The average molecular weight is 337 g/mol. The van der Waals surface area contributed by atoms with E-state index in [0.717, 1.165) is 22.5 Å². The number of benzene rings is 1. The Hall–Kier alpha value is -1.86. The molecule has 7 heteroatoms. The molecule has 3 rings (SSSR count). The highest BCUT2D eigenvalue weighted by molar-refractivity contribution is 9.10. The molecule has 0 aliphatic rings. The second-order valence-corrected chi connectivity index (χ2v) is 5.25. The fourth-order valence-corrected chi connectivity index (χ4v) is 2.64. The molecule has 0 bridgehead atoms. The topological polar surface area (TPSA) is 89.8 Å². The van der Waals surface area contributed by atoms with E-state index in [9.17, 15) is 4.79 Å². The van der Waals surface area contributed by atoms with Gasteiger partial charge in [0.1, 0.15) is 0 Å². The first-order valence-electron chi connectivity index (χ1n) is 6.14. The van der Waals surface area contributed by atoms with Crippen molar-refractivity contribution in [2.45, 2.75) is 6.42 Å². The normalized spacial score (nSPS) is 11.3. The van der Waals surface area contributed by atoms with E-state index in [-0.39, 0.29) is 5.76 Å². The molecule has 0 saturated carbocycles. The van der Waals surface area contributed by atoms with E-state index >= 15 is 0 Å². The number of aryl methyl sites for hydroxylation is 1. The molecule has 0 aliphatic carbocycles. The number of H-pyrrole nitrogens is 1. The van der Waals surface area contributed by atoms with E-state index in [2.05, 4.69) is 25.9 Å². The summed E-state index contributed by atoms with van der Waals surface area (Å²) in [6.45, 7) is 0.532. The lowest BCUT2D eigenvalue weighted by molar-refractivity contribution is 0.528. The number of oxazole rings is 1. The molecule has 0 spiro atoms. The van der Waals surface area contributed by atoms with E-state index < -0.39 is 0 Å². The van der Waals surface area contributed by atoms with Crippen molar-refractivity contribution in [3.8, 4) is 11.3 Å². The lowest BCUT2D eigenvalue weighted by Gasteiger charge is -2.01. The van der Waals surface area contributed by atoms with Gasteiger partial charge >= 0.3 is 5.76 Å². The second-order valence-electron chi connectivity index (χ2n) is 4.50. The third kappa shape index (κ3) is 2.08. The van der Waals surface area contributed by atoms with Gasteiger partial charge in [0.05, 0.1) is 11.2 Å². The maximum absolute atomic E-state index is 11.5. The third-order valence-corrected chi connectivity index (χ3v) is 3.59. The standard InChI is InChI=1S/C13H13BrN4O2/c1-18-9-3-2-7(6-10(9)20-13(18)19)11-8(4-5-15)16-12(14)17-11/h2-3,6H,4-5,15H2,1H3,(H,16,17). The van der Waals surface area contributed by atoms with Gasteiger partial charge in [0.2, 0.25) is 0 Å². The summed E-state index contributed by atoms with van der Waals surface area (Å²) in [6.07, 6.45) is 0.699. The number of hydrogen-bond acceptors (Lipinski definition) is 4. The summed E-state index contributed by atoms with van der Waals surface area (Å²) >= 11 is 3.33. The van der Waals surface area contributed by atoms with Crippen LogP contribution in [-0.2, 0) is 13.5 Å². The van der Waals surface area contributed by atoms with Crippen LogP contribution in [0.4, 0.5) is 0 Å². The first-order valence-corrected chi connectivity index (χ1v) is 6.94. The smallest absolute Gasteiger partial charge is 0.408 e. The number of aromatic nitrogens is 3. The molecule has 0 fully saturated rings. The Balaban J connectivity index is 2.17. The summed E-state index contributed by atoms with van der Waals surface area (Å²) in [5.74, 6) is -0.373. The average Bonchev–Trinajstić information content (AvgIpc) is 2.91. The lowest BCUT2D eigenvalue weighted by Crippen LogP contribution is -2.08. The van der Waals surface area contributed by atoms with Gasteiger partial charge in [-0.15, -0.1) is 0 Å². The SMILES string of the molecule is Cn1c(=O)oc2cc(-c3nc(Br)[nH]c3CCN)ccc21. The van der Waals surface area contributed by atoms with E-state index in [0.29, 0.717) is 23.3 Å². The highest BCUT2D eigenvalue weighted by atomic mass is 79.9. The van der Waals surface area contributed by atoms with Crippen molar-refractivity contribution in [1.29, 1.82) is 0 Å². The van der Waals surface area contributed by atoms with Crippen LogP contribution in [0.25, 0.3) is 22.4 Å². The quantitative estimate of drug-likeness (QED) is 0.762. The molecule has 0 amide bonds. The number of nitrogens with one attached hydrogen (secondary N) is 1. The fraction of sp³-hybridized carbons (Fsp3) is 0.231. The van der Waals surface area contributed by atoms with Gasteiger partial charge in [0.15, 0.2) is 10.3 Å². The maximum Gasteiger partial charge on any atom is 0.419 e. The zero-order valence-electron chi connectivity index (χ0n) is 10.8.